The summed E-state index contributed by atoms with van der Waals surface area (Å²) in [7, 11) is 0. The lowest BCUT2D eigenvalue weighted by Crippen LogP contribution is -2.39. The van der Waals surface area contributed by atoms with Gasteiger partial charge in [-0.3, -0.25) is 14.6 Å². The predicted molar refractivity (Wildman–Crippen MR) is 103 cm³/mol. The Bertz CT molecular complexity index is 867. The van der Waals surface area contributed by atoms with Crippen molar-refractivity contribution in [3.05, 3.63) is 41.1 Å². The number of aryl methyl sites for hydroxylation is 2. The van der Waals surface area contributed by atoms with Crippen LogP contribution in [-0.4, -0.2) is 40.8 Å². The number of rotatable bonds is 3. The molecule has 1 aliphatic rings. The lowest BCUT2D eigenvalue weighted by Gasteiger charge is -2.26. The van der Waals surface area contributed by atoms with Crippen molar-refractivity contribution in [3.63, 3.8) is 0 Å². The zero-order valence-corrected chi connectivity index (χ0v) is 16.2. The summed E-state index contributed by atoms with van der Waals surface area (Å²) >= 11 is 0. The van der Waals surface area contributed by atoms with E-state index in [1.807, 2.05) is 43.0 Å². The number of carbonyl (C=O) groups is 2. The van der Waals surface area contributed by atoms with Gasteiger partial charge in [-0.25, -0.2) is 0 Å². The van der Waals surface area contributed by atoms with Crippen molar-refractivity contribution in [1.82, 2.24) is 15.2 Å². The fourth-order valence-corrected chi connectivity index (χ4v) is 3.48. The van der Waals surface area contributed by atoms with Crippen molar-refractivity contribution in [2.45, 2.75) is 47.1 Å². The third-order valence-corrected chi connectivity index (χ3v) is 4.62. The molecule has 5 heteroatoms. The van der Waals surface area contributed by atoms with Crippen molar-refractivity contribution in [1.29, 1.82) is 0 Å². The zero-order valence-electron chi connectivity index (χ0n) is 16.2. The maximum Gasteiger partial charge on any atom is 0.253 e. The number of likely N-dealkylation sites (tertiary alicyclic amines) is 1. The van der Waals surface area contributed by atoms with Crippen LogP contribution in [0, 0.1) is 19.3 Å². The van der Waals surface area contributed by atoms with Gasteiger partial charge in [0.15, 0.2) is 0 Å². The standard InChI is InChI=1S/C21H27N3O2/c1-13-6-7-18-15(8-13)9-17(14(2)22-18)20(26)23-16-10-19(25)24(11-16)12-21(3,4)5/h6-9,16H,10-12H2,1-5H3,(H,23,26)/t16-/m0/s1. The fourth-order valence-electron chi connectivity index (χ4n) is 3.48. The Labute approximate surface area is 154 Å². The van der Waals surface area contributed by atoms with E-state index >= 15 is 0 Å². The average molecular weight is 353 g/mol. The van der Waals surface area contributed by atoms with Crippen LogP contribution in [0.3, 0.4) is 0 Å². The Morgan fingerprint density at radius 2 is 2.00 bits per heavy atom. The molecule has 2 amide bonds. The Hall–Kier alpha value is -2.43. The normalized spacial score (nSPS) is 17.8. The van der Waals surface area contributed by atoms with Crippen LogP contribution < -0.4 is 5.32 Å². The van der Waals surface area contributed by atoms with Crippen LogP contribution in [0.25, 0.3) is 10.9 Å². The average Bonchev–Trinajstić information content (AvgIpc) is 2.84. The highest BCUT2D eigenvalue weighted by Crippen LogP contribution is 2.22. The van der Waals surface area contributed by atoms with Crippen LogP contribution in [0.1, 0.15) is 48.8 Å². The van der Waals surface area contributed by atoms with Crippen molar-refractivity contribution in [3.8, 4) is 0 Å². The number of hydrogen-bond donors (Lipinski definition) is 1. The Kier molecular flexibility index (Phi) is 4.74. The van der Waals surface area contributed by atoms with Crippen LogP contribution in [-0.2, 0) is 4.79 Å². The lowest BCUT2D eigenvalue weighted by molar-refractivity contribution is -0.128. The van der Waals surface area contributed by atoms with Crippen LogP contribution >= 0.6 is 0 Å². The summed E-state index contributed by atoms with van der Waals surface area (Å²) < 4.78 is 0. The number of amides is 2. The number of aromatic nitrogens is 1. The van der Waals surface area contributed by atoms with E-state index in [2.05, 4.69) is 31.1 Å². The highest BCUT2D eigenvalue weighted by atomic mass is 16.2. The van der Waals surface area contributed by atoms with E-state index in [0.717, 1.165) is 16.5 Å². The van der Waals surface area contributed by atoms with Crippen molar-refractivity contribution < 1.29 is 9.59 Å². The van der Waals surface area contributed by atoms with Crippen LogP contribution in [0.5, 0.6) is 0 Å². The summed E-state index contributed by atoms with van der Waals surface area (Å²) in [6, 6.07) is 7.76. The topological polar surface area (TPSA) is 62.3 Å². The van der Waals surface area contributed by atoms with Gasteiger partial charge in [0.1, 0.15) is 0 Å². The van der Waals surface area contributed by atoms with Gasteiger partial charge < -0.3 is 10.2 Å². The maximum atomic E-state index is 12.8. The molecular formula is C21H27N3O2. The molecule has 1 fully saturated rings. The third-order valence-electron chi connectivity index (χ3n) is 4.62. The molecule has 1 atom stereocenters. The Morgan fingerprint density at radius 3 is 2.69 bits per heavy atom. The van der Waals surface area contributed by atoms with E-state index < -0.39 is 0 Å². The first-order valence-corrected chi connectivity index (χ1v) is 9.09. The van der Waals surface area contributed by atoms with Crippen LogP contribution in [0.4, 0.5) is 0 Å². The summed E-state index contributed by atoms with van der Waals surface area (Å²) in [5.41, 5.74) is 3.34. The van der Waals surface area contributed by atoms with Gasteiger partial charge in [-0.2, -0.15) is 0 Å². The molecule has 1 saturated heterocycles. The number of benzene rings is 1. The van der Waals surface area contributed by atoms with E-state index in [0.29, 0.717) is 30.8 Å². The van der Waals surface area contributed by atoms with E-state index in [1.165, 1.54) is 0 Å². The molecule has 1 N–H and O–H groups in total. The fraction of sp³-hybridized carbons (Fsp3) is 0.476. The minimum Gasteiger partial charge on any atom is -0.347 e. The zero-order chi connectivity index (χ0) is 19.1. The summed E-state index contributed by atoms with van der Waals surface area (Å²) in [4.78, 5) is 31.4. The molecule has 26 heavy (non-hydrogen) atoms. The quantitative estimate of drug-likeness (QED) is 0.921. The van der Waals surface area contributed by atoms with E-state index in [-0.39, 0.29) is 23.3 Å². The van der Waals surface area contributed by atoms with Gasteiger partial charge in [0.25, 0.3) is 5.91 Å². The number of nitrogens with one attached hydrogen (secondary N) is 1. The van der Waals surface area contributed by atoms with E-state index in [9.17, 15) is 9.59 Å². The highest BCUT2D eigenvalue weighted by molar-refractivity contribution is 5.99. The van der Waals surface area contributed by atoms with Crippen LogP contribution in [0.15, 0.2) is 24.3 Å². The van der Waals surface area contributed by atoms with E-state index in [1.54, 1.807) is 0 Å². The van der Waals surface area contributed by atoms with Crippen molar-refractivity contribution >= 4 is 22.7 Å². The number of carbonyl (C=O) groups excluding carboxylic acids is 2. The molecule has 0 aliphatic carbocycles. The Morgan fingerprint density at radius 1 is 1.27 bits per heavy atom. The third kappa shape index (κ3) is 4.03. The van der Waals surface area contributed by atoms with Crippen molar-refractivity contribution in [2.24, 2.45) is 5.41 Å². The molecule has 0 unspecified atom stereocenters. The number of fused-ring (bicyclic) bond motifs is 1. The number of hydrogen-bond acceptors (Lipinski definition) is 3. The summed E-state index contributed by atoms with van der Waals surface area (Å²) in [5.74, 6) is -0.0528. The first-order chi connectivity index (χ1) is 12.1. The highest BCUT2D eigenvalue weighted by Gasteiger charge is 2.33. The minimum absolute atomic E-state index is 0.0469. The molecular weight excluding hydrogens is 326 g/mol. The van der Waals surface area contributed by atoms with Gasteiger partial charge in [0, 0.05) is 24.9 Å². The van der Waals surface area contributed by atoms with E-state index in [4.69, 9.17) is 0 Å². The molecule has 0 spiro atoms. The molecule has 2 heterocycles. The molecule has 3 rings (SSSR count). The molecule has 1 aromatic heterocycles. The minimum atomic E-state index is -0.159. The number of nitrogens with zero attached hydrogens (tertiary/aromatic N) is 2. The first-order valence-electron chi connectivity index (χ1n) is 9.09. The monoisotopic (exact) mass is 353 g/mol. The van der Waals surface area contributed by atoms with Gasteiger partial charge in [-0.05, 0) is 37.5 Å². The molecule has 5 nitrogen and oxygen atoms in total. The molecule has 0 radical (unpaired) electrons. The Balaban J connectivity index is 1.75. The second kappa shape index (κ2) is 6.71. The lowest BCUT2D eigenvalue weighted by atomic mass is 9.96. The van der Waals surface area contributed by atoms with Crippen molar-refractivity contribution in [2.75, 3.05) is 13.1 Å². The molecule has 1 aliphatic heterocycles. The van der Waals surface area contributed by atoms with Gasteiger partial charge in [-0.15, -0.1) is 0 Å². The second-order valence-corrected chi connectivity index (χ2v) is 8.53. The summed E-state index contributed by atoms with van der Waals surface area (Å²) in [5, 5.41) is 3.98. The smallest absolute Gasteiger partial charge is 0.253 e. The number of pyridine rings is 1. The SMILES string of the molecule is Cc1ccc2nc(C)c(C(=O)N[C@H]3CC(=O)N(CC(C)(C)C)C3)cc2c1. The maximum absolute atomic E-state index is 12.8. The van der Waals surface area contributed by atoms with Crippen LogP contribution in [0.2, 0.25) is 0 Å². The summed E-state index contributed by atoms with van der Waals surface area (Å²) in [6.45, 7) is 11.5. The second-order valence-electron chi connectivity index (χ2n) is 8.53. The van der Waals surface area contributed by atoms with Gasteiger partial charge in [-0.1, -0.05) is 32.4 Å². The first kappa shape index (κ1) is 18.4. The van der Waals surface area contributed by atoms with Gasteiger partial charge in [0.2, 0.25) is 5.91 Å². The summed E-state index contributed by atoms with van der Waals surface area (Å²) in [6.07, 6.45) is 0.362. The largest absolute Gasteiger partial charge is 0.347 e. The molecule has 0 bridgehead atoms. The molecule has 2 aromatic rings. The molecule has 138 valence electrons. The predicted octanol–water partition coefficient (Wildman–Crippen LogP) is 3.23. The molecule has 1 aromatic carbocycles. The van der Waals surface area contributed by atoms with Gasteiger partial charge >= 0.3 is 0 Å². The van der Waals surface area contributed by atoms with Gasteiger partial charge in [0.05, 0.1) is 22.8 Å². The molecule has 0 saturated carbocycles.